The summed E-state index contributed by atoms with van der Waals surface area (Å²) in [4.78, 5) is 15.5. The van der Waals surface area contributed by atoms with E-state index >= 15 is 0 Å². The molecule has 1 aromatic rings. The van der Waals surface area contributed by atoms with Crippen molar-refractivity contribution in [2.24, 2.45) is 0 Å². The SMILES string of the molecule is C=CC(C)NC(=O)Cc1ccc(N)cn1. The molecule has 0 saturated carbocycles. The van der Waals surface area contributed by atoms with Gasteiger partial charge in [0.1, 0.15) is 0 Å². The van der Waals surface area contributed by atoms with Crippen LogP contribution in [0.25, 0.3) is 0 Å². The smallest absolute Gasteiger partial charge is 0.226 e. The van der Waals surface area contributed by atoms with Crippen LogP contribution in [0.15, 0.2) is 31.0 Å². The summed E-state index contributed by atoms with van der Waals surface area (Å²) >= 11 is 0. The first-order chi connectivity index (χ1) is 7.11. The minimum Gasteiger partial charge on any atom is -0.397 e. The molecule has 0 spiro atoms. The van der Waals surface area contributed by atoms with Gasteiger partial charge in [0.15, 0.2) is 0 Å². The number of anilines is 1. The fraction of sp³-hybridized carbons (Fsp3) is 0.273. The molecule has 1 heterocycles. The molecule has 0 aromatic carbocycles. The Morgan fingerprint density at radius 1 is 1.73 bits per heavy atom. The van der Waals surface area contributed by atoms with Crippen molar-refractivity contribution in [3.8, 4) is 0 Å². The van der Waals surface area contributed by atoms with Crippen LogP contribution in [0.1, 0.15) is 12.6 Å². The highest BCUT2D eigenvalue weighted by Gasteiger charge is 2.05. The maximum absolute atomic E-state index is 11.4. The minimum absolute atomic E-state index is 0.0220. The summed E-state index contributed by atoms with van der Waals surface area (Å²) in [6.07, 6.45) is 3.48. The van der Waals surface area contributed by atoms with E-state index in [2.05, 4.69) is 16.9 Å². The van der Waals surface area contributed by atoms with Gasteiger partial charge in [-0.3, -0.25) is 9.78 Å². The second-order valence-corrected chi connectivity index (χ2v) is 3.35. The summed E-state index contributed by atoms with van der Waals surface area (Å²) in [5.74, 6) is -0.0697. The van der Waals surface area contributed by atoms with Gasteiger partial charge in [0.05, 0.1) is 18.3 Å². The number of rotatable bonds is 4. The van der Waals surface area contributed by atoms with Crippen LogP contribution in [0.4, 0.5) is 5.69 Å². The third kappa shape index (κ3) is 3.81. The number of aromatic nitrogens is 1. The van der Waals surface area contributed by atoms with E-state index in [4.69, 9.17) is 5.73 Å². The normalized spacial score (nSPS) is 11.8. The Bertz CT molecular complexity index is 345. The topological polar surface area (TPSA) is 68.0 Å². The number of nitrogen functional groups attached to an aromatic ring is 1. The van der Waals surface area contributed by atoms with E-state index < -0.39 is 0 Å². The zero-order valence-electron chi connectivity index (χ0n) is 8.73. The standard InChI is InChI=1S/C11H15N3O/c1-3-8(2)14-11(15)6-10-5-4-9(12)7-13-10/h3-5,7-8H,1,6,12H2,2H3,(H,14,15). The molecule has 3 N–H and O–H groups in total. The quantitative estimate of drug-likeness (QED) is 0.717. The lowest BCUT2D eigenvalue weighted by atomic mass is 10.2. The van der Waals surface area contributed by atoms with Crippen LogP contribution in [0.5, 0.6) is 0 Å². The van der Waals surface area contributed by atoms with Crippen LogP contribution in [-0.4, -0.2) is 16.9 Å². The fourth-order valence-electron chi connectivity index (χ4n) is 1.07. The van der Waals surface area contributed by atoms with Crippen LogP contribution in [0.2, 0.25) is 0 Å². The number of hydrogen-bond donors (Lipinski definition) is 2. The van der Waals surface area contributed by atoms with Gasteiger partial charge >= 0.3 is 0 Å². The Morgan fingerprint density at radius 3 is 3.00 bits per heavy atom. The molecular formula is C11H15N3O. The van der Waals surface area contributed by atoms with Crippen LogP contribution in [0, 0.1) is 0 Å². The zero-order valence-corrected chi connectivity index (χ0v) is 8.73. The van der Waals surface area contributed by atoms with Gasteiger partial charge in [0.2, 0.25) is 5.91 Å². The van der Waals surface area contributed by atoms with Gasteiger partial charge < -0.3 is 11.1 Å². The fourth-order valence-corrected chi connectivity index (χ4v) is 1.07. The maximum Gasteiger partial charge on any atom is 0.226 e. The number of amides is 1. The molecule has 0 aliphatic rings. The minimum atomic E-state index is -0.0697. The highest BCUT2D eigenvalue weighted by molar-refractivity contribution is 5.78. The molecule has 0 aliphatic heterocycles. The number of hydrogen-bond acceptors (Lipinski definition) is 3. The van der Waals surface area contributed by atoms with Gasteiger partial charge in [-0.05, 0) is 19.1 Å². The third-order valence-electron chi connectivity index (χ3n) is 1.93. The van der Waals surface area contributed by atoms with E-state index in [0.717, 1.165) is 0 Å². The lowest BCUT2D eigenvalue weighted by Gasteiger charge is -2.08. The molecule has 80 valence electrons. The van der Waals surface area contributed by atoms with E-state index in [0.29, 0.717) is 11.4 Å². The molecule has 1 rings (SSSR count). The Morgan fingerprint density at radius 2 is 2.47 bits per heavy atom. The first-order valence-corrected chi connectivity index (χ1v) is 4.74. The first kappa shape index (κ1) is 11.2. The number of carbonyl (C=O) groups is 1. The molecular weight excluding hydrogens is 190 g/mol. The summed E-state index contributed by atoms with van der Waals surface area (Å²) in [6.45, 7) is 5.45. The van der Waals surface area contributed by atoms with Crippen molar-refractivity contribution in [2.45, 2.75) is 19.4 Å². The van der Waals surface area contributed by atoms with Gasteiger partial charge in [0, 0.05) is 11.7 Å². The van der Waals surface area contributed by atoms with E-state index in [1.807, 2.05) is 6.92 Å². The second kappa shape index (κ2) is 5.14. The predicted molar refractivity (Wildman–Crippen MR) is 60.2 cm³/mol. The van der Waals surface area contributed by atoms with Gasteiger partial charge in [-0.25, -0.2) is 0 Å². The molecule has 0 fully saturated rings. The molecule has 0 aliphatic carbocycles. The van der Waals surface area contributed by atoms with Gasteiger partial charge in [-0.2, -0.15) is 0 Å². The molecule has 1 amide bonds. The largest absolute Gasteiger partial charge is 0.397 e. The van der Waals surface area contributed by atoms with Crippen molar-refractivity contribution < 1.29 is 4.79 Å². The molecule has 15 heavy (non-hydrogen) atoms. The van der Waals surface area contributed by atoms with Crippen molar-refractivity contribution in [3.63, 3.8) is 0 Å². The molecule has 4 heteroatoms. The molecule has 0 radical (unpaired) electrons. The molecule has 4 nitrogen and oxygen atoms in total. The lowest BCUT2D eigenvalue weighted by Crippen LogP contribution is -2.32. The van der Waals surface area contributed by atoms with Gasteiger partial charge in [0.25, 0.3) is 0 Å². The van der Waals surface area contributed by atoms with Crippen LogP contribution in [0.3, 0.4) is 0 Å². The molecule has 1 aromatic heterocycles. The molecule has 0 bridgehead atoms. The van der Waals surface area contributed by atoms with E-state index in [1.165, 1.54) is 0 Å². The first-order valence-electron chi connectivity index (χ1n) is 4.74. The van der Waals surface area contributed by atoms with E-state index in [-0.39, 0.29) is 18.4 Å². The monoisotopic (exact) mass is 205 g/mol. The number of pyridine rings is 1. The van der Waals surface area contributed by atoms with Crippen molar-refractivity contribution in [1.29, 1.82) is 0 Å². The highest BCUT2D eigenvalue weighted by atomic mass is 16.1. The summed E-state index contributed by atoms with van der Waals surface area (Å²) in [5.41, 5.74) is 6.79. The summed E-state index contributed by atoms with van der Waals surface area (Å²) < 4.78 is 0. The van der Waals surface area contributed by atoms with Crippen LogP contribution < -0.4 is 11.1 Å². The van der Waals surface area contributed by atoms with Crippen molar-refractivity contribution in [1.82, 2.24) is 10.3 Å². The van der Waals surface area contributed by atoms with E-state index in [1.54, 1.807) is 24.4 Å². The Kier molecular flexibility index (Phi) is 3.85. The number of nitrogens with two attached hydrogens (primary N) is 1. The second-order valence-electron chi connectivity index (χ2n) is 3.35. The van der Waals surface area contributed by atoms with Crippen LogP contribution >= 0.6 is 0 Å². The van der Waals surface area contributed by atoms with Gasteiger partial charge in [-0.1, -0.05) is 6.08 Å². The Hall–Kier alpha value is -1.84. The number of nitrogens with one attached hydrogen (secondary N) is 1. The third-order valence-corrected chi connectivity index (χ3v) is 1.93. The average molecular weight is 205 g/mol. The Labute approximate surface area is 89.2 Å². The zero-order chi connectivity index (χ0) is 11.3. The number of carbonyl (C=O) groups excluding carboxylic acids is 1. The predicted octanol–water partition coefficient (Wildman–Crippen LogP) is 0.897. The van der Waals surface area contributed by atoms with Gasteiger partial charge in [-0.15, -0.1) is 6.58 Å². The van der Waals surface area contributed by atoms with Crippen molar-refractivity contribution in [3.05, 3.63) is 36.7 Å². The molecule has 1 atom stereocenters. The van der Waals surface area contributed by atoms with E-state index in [9.17, 15) is 4.79 Å². The maximum atomic E-state index is 11.4. The lowest BCUT2D eigenvalue weighted by molar-refractivity contribution is -0.120. The number of nitrogens with zero attached hydrogens (tertiary/aromatic N) is 1. The highest BCUT2D eigenvalue weighted by Crippen LogP contribution is 2.01. The van der Waals surface area contributed by atoms with Crippen molar-refractivity contribution in [2.75, 3.05) is 5.73 Å². The molecule has 1 unspecified atom stereocenters. The summed E-state index contributed by atoms with van der Waals surface area (Å²) in [7, 11) is 0. The van der Waals surface area contributed by atoms with Crippen LogP contribution in [-0.2, 0) is 11.2 Å². The average Bonchev–Trinajstić information content (AvgIpc) is 2.21. The Balaban J connectivity index is 2.51. The van der Waals surface area contributed by atoms with Crippen molar-refractivity contribution >= 4 is 11.6 Å². The molecule has 0 saturated heterocycles. The summed E-state index contributed by atoms with van der Waals surface area (Å²) in [5, 5.41) is 2.76. The summed E-state index contributed by atoms with van der Waals surface area (Å²) in [6, 6.07) is 3.45.